The van der Waals surface area contributed by atoms with Crippen LogP contribution < -0.4 is 0 Å². The van der Waals surface area contributed by atoms with Crippen molar-refractivity contribution in [3.63, 3.8) is 0 Å². The minimum absolute atomic E-state index is 0.0616. The van der Waals surface area contributed by atoms with Gasteiger partial charge in [0.1, 0.15) is 5.76 Å². The second-order valence-corrected chi connectivity index (χ2v) is 1.81. The molecule has 46 valence electrons. The molecule has 0 saturated carbocycles. The lowest BCUT2D eigenvalue weighted by Gasteiger charge is -1.90. The van der Waals surface area contributed by atoms with Crippen LogP contribution in [0.2, 0.25) is 0 Å². The van der Waals surface area contributed by atoms with E-state index in [4.69, 9.17) is 16.7 Å². The highest BCUT2D eigenvalue weighted by Crippen LogP contribution is 2.09. The topological polar surface area (TPSA) is 20.2 Å². The zero-order valence-corrected chi connectivity index (χ0v) is 5.57. The fourth-order valence-corrected chi connectivity index (χ4v) is 0.451. The van der Waals surface area contributed by atoms with Crippen LogP contribution in [0.25, 0.3) is 0 Å². The van der Waals surface area contributed by atoms with Crippen molar-refractivity contribution in [1.82, 2.24) is 0 Å². The first-order valence-electron chi connectivity index (χ1n) is 2.42. The zero-order valence-electron chi connectivity index (χ0n) is 4.82. The highest BCUT2D eigenvalue weighted by molar-refractivity contribution is 6.31. The molecule has 0 heterocycles. The number of hydrogen-bond acceptors (Lipinski definition) is 1. The van der Waals surface area contributed by atoms with E-state index in [1.54, 1.807) is 6.08 Å². The molecular weight excluding hydrogens is 124 g/mol. The molecular formula is C6H9ClO. The molecule has 1 nitrogen and oxygen atoms in total. The predicted molar refractivity (Wildman–Crippen MR) is 36.0 cm³/mol. The van der Waals surface area contributed by atoms with E-state index in [2.05, 4.69) is 6.58 Å². The Morgan fingerprint density at radius 1 is 1.88 bits per heavy atom. The van der Waals surface area contributed by atoms with Gasteiger partial charge in [0.2, 0.25) is 0 Å². The predicted octanol–water partition coefficient (Wildman–Crippen LogP) is 2.59. The van der Waals surface area contributed by atoms with Crippen molar-refractivity contribution in [2.24, 2.45) is 0 Å². The van der Waals surface area contributed by atoms with Crippen LogP contribution in [0, 0.1) is 0 Å². The fourth-order valence-electron chi connectivity index (χ4n) is 0.297. The van der Waals surface area contributed by atoms with Crippen LogP contribution in [0.1, 0.15) is 13.3 Å². The maximum atomic E-state index is 8.56. The van der Waals surface area contributed by atoms with Crippen LogP contribution in [0.15, 0.2) is 23.4 Å². The normalized spacial score (nSPS) is 11.5. The molecule has 0 spiro atoms. The summed E-state index contributed by atoms with van der Waals surface area (Å²) in [4.78, 5) is 0. The Balaban J connectivity index is 3.80. The van der Waals surface area contributed by atoms with Gasteiger partial charge in [-0.15, -0.1) is 0 Å². The first kappa shape index (κ1) is 7.57. The molecule has 1 N–H and O–H groups in total. The van der Waals surface area contributed by atoms with Crippen molar-refractivity contribution in [2.75, 3.05) is 0 Å². The summed E-state index contributed by atoms with van der Waals surface area (Å²) in [5.74, 6) is -0.0616. The third-order valence-electron chi connectivity index (χ3n) is 0.659. The molecule has 2 heteroatoms. The van der Waals surface area contributed by atoms with Crippen LogP contribution >= 0.6 is 11.6 Å². The first-order valence-corrected chi connectivity index (χ1v) is 2.80. The van der Waals surface area contributed by atoms with E-state index in [1.807, 2.05) is 6.92 Å². The van der Waals surface area contributed by atoms with Gasteiger partial charge in [-0.3, -0.25) is 0 Å². The summed E-state index contributed by atoms with van der Waals surface area (Å²) in [6.07, 6.45) is 2.52. The number of aliphatic hydroxyl groups excluding tert-OH is 1. The fraction of sp³-hybridized carbons (Fsp3) is 0.333. The van der Waals surface area contributed by atoms with E-state index in [0.29, 0.717) is 5.03 Å². The second-order valence-electron chi connectivity index (χ2n) is 1.41. The molecule has 0 aliphatic rings. The SMILES string of the molecule is C=C(O)/C(Cl)=C\CC. The largest absolute Gasteiger partial charge is 0.507 e. The lowest BCUT2D eigenvalue weighted by Crippen LogP contribution is -1.74. The maximum Gasteiger partial charge on any atom is 0.126 e. The van der Waals surface area contributed by atoms with Crippen molar-refractivity contribution in [3.05, 3.63) is 23.4 Å². The number of halogens is 1. The van der Waals surface area contributed by atoms with E-state index in [-0.39, 0.29) is 5.76 Å². The lowest BCUT2D eigenvalue weighted by molar-refractivity contribution is 0.432. The summed E-state index contributed by atoms with van der Waals surface area (Å²) in [7, 11) is 0. The van der Waals surface area contributed by atoms with Gasteiger partial charge in [-0.2, -0.15) is 0 Å². The molecule has 0 aliphatic heterocycles. The first-order chi connectivity index (χ1) is 3.68. The zero-order chi connectivity index (χ0) is 6.57. The standard InChI is InChI=1S/C6H9ClO/c1-3-4-6(7)5(2)8/h4,8H,2-3H2,1H3/b6-4+. The minimum Gasteiger partial charge on any atom is -0.507 e. The van der Waals surface area contributed by atoms with Crippen LogP contribution in [-0.4, -0.2) is 5.11 Å². The molecule has 0 aromatic heterocycles. The van der Waals surface area contributed by atoms with Gasteiger partial charge < -0.3 is 5.11 Å². The van der Waals surface area contributed by atoms with Gasteiger partial charge in [0, 0.05) is 0 Å². The van der Waals surface area contributed by atoms with E-state index < -0.39 is 0 Å². The quantitative estimate of drug-likeness (QED) is 0.452. The average molecular weight is 133 g/mol. The molecule has 0 fully saturated rings. The molecule has 0 saturated heterocycles. The molecule has 0 unspecified atom stereocenters. The van der Waals surface area contributed by atoms with Crippen LogP contribution in [0.4, 0.5) is 0 Å². The molecule has 0 rings (SSSR count). The Morgan fingerprint density at radius 3 is 2.50 bits per heavy atom. The van der Waals surface area contributed by atoms with Crippen molar-refractivity contribution < 1.29 is 5.11 Å². The van der Waals surface area contributed by atoms with Gasteiger partial charge in [-0.1, -0.05) is 31.2 Å². The van der Waals surface area contributed by atoms with Gasteiger partial charge in [-0.05, 0) is 6.42 Å². The lowest BCUT2D eigenvalue weighted by atomic mass is 10.4. The number of hydrogen-bond donors (Lipinski definition) is 1. The molecule has 0 aromatic carbocycles. The van der Waals surface area contributed by atoms with Gasteiger partial charge in [0.05, 0.1) is 5.03 Å². The van der Waals surface area contributed by atoms with Crippen molar-refractivity contribution in [3.8, 4) is 0 Å². The molecule has 0 amide bonds. The van der Waals surface area contributed by atoms with Crippen molar-refractivity contribution in [1.29, 1.82) is 0 Å². The Morgan fingerprint density at radius 2 is 2.38 bits per heavy atom. The van der Waals surface area contributed by atoms with Crippen LogP contribution in [0.3, 0.4) is 0 Å². The second kappa shape index (κ2) is 3.56. The molecule has 0 atom stereocenters. The summed E-state index contributed by atoms with van der Waals surface area (Å²) < 4.78 is 0. The molecule has 0 aliphatic carbocycles. The third kappa shape index (κ3) is 2.69. The summed E-state index contributed by atoms with van der Waals surface area (Å²) >= 11 is 5.43. The summed E-state index contributed by atoms with van der Waals surface area (Å²) in [6, 6.07) is 0. The summed E-state index contributed by atoms with van der Waals surface area (Å²) in [6.45, 7) is 5.16. The minimum atomic E-state index is -0.0616. The van der Waals surface area contributed by atoms with Gasteiger partial charge in [0.15, 0.2) is 0 Å². The van der Waals surface area contributed by atoms with Gasteiger partial charge in [0.25, 0.3) is 0 Å². The highest BCUT2D eigenvalue weighted by atomic mass is 35.5. The number of allylic oxidation sites excluding steroid dienone is 2. The third-order valence-corrected chi connectivity index (χ3v) is 1.03. The molecule has 8 heavy (non-hydrogen) atoms. The van der Waals surface area contributed by atoms with Crippen LogP contribution in [0.5, 0.6) is 0 Å². The van der Waals surface area contributed by atoms with E-state index in [1.165, 1.54) is 0 Å². The Labute approximate surface area is 54.3 Å². The van der Waals surface area contributed by atoms with Crippen molar-refractivity contribution >= 4 is 11.6 Å². The van der Waals surface area contributed by atoms with E-state index >= 15 is 0 Å². The van der Waals surface area contributed by atoms with E-state index in [0.717, 1.165) is 6.42 Å². The molecule has 0 bridgehead atoms. The van der Waals surface area contributed by atoms with Crippen molar-refractivity contribution in [2.45, 2.75) is 13.3 Å². The van der Waals surface area contributed by atoms with Crippen LogP contribution in [-0.2, 0) is 0 Å². The molecule has 0 radical (unpaired) electrons. The number of rotatable bonds is 2. The maximum absolute atomic E-state index is 8.56. The highest BCUT2D eigenvalue weighted by Gasteiger charge is 1.90. The molecule has 0 aromatic rings. The smallest absolute Gasteiger partial charge is 0.126 e. The Kier molecular flexibility index (Phi) is 3.37. The van der Waals surface area contributed by atoms with Gasteiger partial charge >= 0.3 is 0 Å². The van der Waals surface area contributed by atoms with Gasteiger partial charge in [-0.25, -0.2) is 0 Å². The van der Waals surface area contributed by atoms with E-state index in [9.17, 15) is 0 Å². The summed E-state index contributed by atoms with van der Waals surface area (Å²) in [5, 5.41) is 8.90. The Bertz CT molecular complexity index is 116. The number of aliphatic hydroxyl groups is 1. The monoisotopic (exact) mass is 132 g/mol. The average Bonchev–Trinajstić information content (AvgIpc) is 1.67. The Hall–Kier alpha value is -0.430. The summed E-state index contributed by atoms with van der Waals surface area (Å²) in [5.41, 5.74) is 0.